The average molecular weight is 582 g/mol. The molecule has 1 fully saturated rings. The smallest absolute Gasteiger partial charge is 0.410 e. The first-order valence-electron chi connectivity index (χ1n) is 14.7. The fraction of sp³-hybridized carbons (Fsp3) is 0.441. The van der Waals surface area contributed by atoms with Gasteiger partial charge < -0.3 is 9.64 Å². The molecule has 1 heterocycles. The van der Waals surface area contributed by atoms with Crippen molar-refractivity contribution in [2.24, 2.45) is 0 Å². The van der Waals surface area contributed by atoms with Crippen LogP contribution in [0, 0.1) is 29.6 Å². The first-order chi connectivity index (χ1) is 20.4. The predicted molar refractivity (Wildman–Crippen MR) is 164 cm³/mol. The minimum Gasteiger partial charge on any atom is -0.444 e. The van der Waals surface area contributed by atoms with E-state index in [-0.39, 0.29) is 13.0 Å². The summed E-state index contributed by atoms with van der Waals surface area (Å²) in [6.45, 7) is 9.68. The van der Waals surface area contributed by atoms with E-state index in [0.29, 0.717) is 48.2 Å². The van der Waals surface area contributed by atoms with Crippen LogP contribution in [0.1, 0.15) is 87.2 Å². The Hall–Kier alpha value is -4.63. The van der Waals surface area contributed by atoms with Crippen molar-refractivity contribution < 1.29 is 9.53 Å². The van der Waals surface area contributed by atoms with E-state index in [2.05, 4.69) is 17.1 Å². The van der Waals surface area contributed by atoms with Crippen molar-refractivity contribution in [3.63, 3.8) is 0 Å². The molecule has 1 aliphatic carbocycles. The number of aromatic amines is 1. The van der Waals surface area contributed by atoms with Gasteiger partial charge in [-0.1, -0.05) is 55.5 Å². The molecule has 2 aromatic carbocycles. The fourth-order valence-corrected chi connectivity index (χ4v) is 6.31. The molecule has 9 nitrogen and oxygen atoms in total. The van der Waals surface area contributed by atoms with Crippen LogP contribution in [-0.2, 0) is 16.7 Å². The van der Waals surface area contributed by atoms with Crippen LogP contribution in [0.5, 0.6) is 0 Å². The summed E-state index contributed by atoms with van der Waals surface area (Å²) in [4.78, 5) is 44.5. The summed E-state index contributed by atoms with van der Waals surface area (Å²) in [6.07, 6.45) is 1.18. The highest BCUT2D eigenvalue weighted by Gasteiger charge is 2.48. The van der Waals surface area contributed by atoms with Crippen molar-refractivity contribution in [3.05, 3.63) is 103 Å². The molecule has 1 aliphatic rings. The van der Waals surface area contributed by atoms with E-state index in [1.165, 1.54) is 0 Å². The molecule has 0 spiro atoms. The lowest BCUT2D eigenvalue weighted by Crippen LogP contribution is -2.52. The normalized spacial score (nSPS) is 20.1. The molecular weight excluding hydrogens is 542 g/mol. The Morgan fingerprint density at radius 3 is 2.42 bits per heavy atom. The van der Waals surface area contributed by atoms with Gasteiger partial charge in [0.2, 0.25) is 0 Å². The van der Waals surface area contributed by atoms with Crippen LogP contribution >= 0.6 is 0 Å². The minimum atomic E-state index is -1.08. The summed E-state index contributed by atoms with van der Waals surface area (Å²) in [6, 6.07) is 20.8. The minimum absolute atomic E-state index is 0.199. The van der Waals surface area contributed by atoms with Gasteiger partial charge in [-0.2, -0.15) is 10.5 Å². The summed E-state index contributed by atoms with van der Waals surface area (Å²) in [7, 11) is 0. The molecule has 3 aromatic rings. The molecule has 0 aliphatic heterocycles. The summed E-state index contributed by atoms with van der Waals surface area (Å²) in [5.41, 5.74) is -0.151. The van der Waals surface area contributed by atoms with Crippen LogP contribution in [0.15, 0.2) is 64.2 Å². The third-order valence-electron chi connectivity index (χ3n) is 8.19. The number of carbonyl (C=O) groups excluding carboxylic acids is 1. The molecule has 1 aromatic heterocycles. The van der Waals surface area contributed by atoms with Crippen LogP contribution in [-0.4, -0.2) is 38.7 Å². The number of nitrogens with one attached hydrogen (secondary N) is 1. The molecule has 9 heteroatoms. The van der Waals surface area contributed by atoms with Crippen molar-refractivity contribution in [3.8, 4) is 12.1 Å². The summed E-state index contributed by atoms with van der Waals surface area (Å²) in [5, 5.41) is 20.7. The Balaban J connectivity index is 1.97. The molecule has 1 saturated carbocycles. The second-order valence-electron chi connectivity index (χ2n) is 12.3. The lowest BCUT2D eigenvalue weighted by Gasteiger charge is -2.46. The maximum atomic E-state index is 13.7. The van der Waals surface area contributed by atoms with Crippen LogP contribution in [0.2, 0.25) is 0 Å². The van der Waals surface area contributed by atoms with Gasteiger partial charge in [-0.3, -0.25) is 14.3 Å². The van der Waals surface area contributed by atoms with Crippen LogP contribution in [0.4, 0.5) is 4.79 Å². The third kappa shape index (κ3) is 6.57. The van der Waals surface area contributed by atoms with E-state index in [0.717, 1.165) is 5.56 Å². The monoisotopic (exact) mass is 581 g/mol. The molecule has 1 unspecified atom stereocenters. The maximum absolute atomic E-state index is 13.7. The van der Waals surface area contributed by atoms with E-state index in [1.807, 2.05) is 64.1 Å². The lowest BCUT2D eigenvalue weighted by atomic mass is 9.62. The number of benzene rings is 2. The zero-order valence-electron chi connectivity index (χ0n) is 25.5. The van der Waals surface area contributed by atoms with E-state index in [1.54, 1.807) is 34.6 Å². The Morgan fingerprint density at radius 2 is 1.79 bits per heavy atom. The van der Waals surface area contributed by atoms with Gasteiger partial charge in [-0.05, 0) is 70.6 Å². The van der Waals surface area contributed by atoms with Gasteiger partial charge in [0.1, 0.15) is 5.60 Å². The Bertz CT molecular complexity index is 1670. The number of ether oxygens (including phenoxy) is 1. The fourth-order valence-electron chi connectivity index (χ4n) is 6.31. The second kappa shape index (κ2) is 12.7. The number of nitrogens with zero attached hydrogens (tertiary/aromatic N) is 4. The molecule has 1 N–H and O–H groups in total. The number of aromatic nitrogens is 2. The van der Waals surface area contributed by atoms with E-state index in [9.17, 15) is 24.9 Å². The molecule has 3 atom stereocenters. The second-order valence-corrected chi connectivity index (χ2v) is 12.3. The van der Waals surface area contributed by atoms with Gasteiger partial charge in [0.25, 0.3) is 5.56 Å². The Morgan fingerprint density at radius 1 is 1.12 bits per heavy atom. The summed E-state index contributed by atoms with van der Waals surface area (Å²) < 4.78 is 7.40. The number of hydrogen-bond donors (Lipinski definition) is 1. The number of rotatable bonds is 7. The molecule has 1 amide bonds. The zero-order valence-corrected chi connectivity index (χ0v) is 25.5. The number of amides is 1. The van der Waals surface area contributed by atoms with E-state index in [4.69, 9.17) is 4.74 Å². The first kappa shape index (κ1) is 31.3. The van der Waals surface area contributed by atoms with E-state index < -0.39 is 40.3 Å². The zero-order chi connectivity index (χ0) is 31.4. The van der Waals surface area contributed by atoms with Gasteiger partial charge in [0.15, 0.2) is 0 Å². The number of hydrogen-bond acceptors (Lipinski definition) is 6. The average Bonchev–Trinajstić information content (AvgIpc) is 2.98. The molecule has 0 saturated heterocycles. The summed E-state index contributed by atoms with van der Waals surface area (Å²) in [5.74, 6) is -0.585. The van der Waals surface area contributed by atoms with Gasteiger partial charge in [-0.25, -0.2) is 9.59 Å². The molecule has 0 radical (unpaired) electrons. The molecule has 43 heavy (non-hydrogen) atoms. The van der Waals surface area contributed by atoms with Gasteiger partial charge in [-0.15, -0.1) is 0 Å². The van der Waals surface area contributed by atoms with Gasteiger partial charge in [0.05, 0.1) is 29.7 Å². The van der Waals surface area contributed by atoms with E-state index >= 15 is 0 Å². The van der Waals surface area contributed by atoms with Crippen LogP contribution < -0.4 is 11.2 Å². The largest absolute Gasteiger partial charge is 0.444 e. The molecular formula is C34H39N5O4. The summed E-state index contributed by atoms with van der Waals surface area (Å²) >= 11 is 0. The van der Waals surface area contributed by atoms with Crippen molar-refractivity contribution in [1.82, 2.24) is 14.5 Å². The quantitative estimate of drug-likeness (QED) is 0.391. The number of nitriles is 2. The number of carbonyl (C=O) groups is 1. The van der Waals surface area contributed by atoms with Crippen molar-refractivity contribution in [2.75, 3.05) is 6.54 Å². The van der Waals surface area contributed by atoms with Crippen molar-refractivity contribution in [2.45, 2.75) is 89.8 Å². The van der Waals surface area contributed by atoms with Crippen LogP contribution in [0.25, 0.3) is 0 Å². The highest BCUT2D eigenvalue weighted by molar-refractivity contribution is 5.69. The van der Waals surface area contributed by atoms with Gasteiger partial charge in [0, 0.05) is 29.8 Å². The SMILES string of the molecule is CCCN(C(=O)OC(C)(C)C)C1CC[C@@](C#N)(c2ccccc2C#N)C[C@H]1c1c(C)c(=O)[nH]c(=O)n1Cc1ccccc1. The Labute approximate surface area is 252 Å². The number of H-pyrrole nitrogens is 1. The standard InChI is InChI=1S/C34H39N5O4/c1-6-18-38(32(42)43-33(3,4)5)28-16-17-34(22-36,27-15-11-10-14-25(27)20-35)19-26(28)29-23(2)30(40)37-31(41)39(29)21-24-12-8-7-9-13-24/h7-15,26,28H,6,16-19,21H2,1-5H3,(H,37,40,41)/t26-,28?,34-/m1/s1. The molecule has 4 rings (SSSR count). The molecule has 0 bridgehead atoms. The highest BCUT2D eigenvalue weighted by atomic mass is 16.6. The van der Waals surface area contributed by atoms with Crippen molar-refractivity contribution in [1.29, 1.82) is 10.5 Å². The highest BCUT2D eigenvalue weighted by Crippen LogP contribution is 2.48. The van der Waals surface area contributed by atoms with Crippen molar-refractivity contribution >= 4 is 6.09 Å². The third-order valence-corrected chi connectivity index (χ3v) is 8.19. The van der Waals surface area contributed by atoms with Crippen LogP contribution in [0.3, 0.4) is 0 Å². The lowest BCUT2D eigenvalue weighted by molar-refractivity contribution is 0.00640. The first-order valence-corrected chi connectivity index (χ1v) is 14.7. The predicted octanol–water partition coefficient (Wildman–Crippen LogP) is 5.51. The molecule has 224 valence electrons. The topological polar surface area (TPSA) is 132 Å². The maximum Gasteiger partial charge on any atom is 0.410 e. The Kier molecular flexibility index (Phi) is 9.25. The van der Waals surface area contributed by atoms with Gasteiger partial charge >= 0.3 is 11.8 Å².